The van der Waals surface area contributed by atoms with E-state index in [4.69, 9.17) is 10.6 Å². The van der Waals surface area contributed by atoms with Gasteiger partial charge in [0, 0.05) is 5.41 Å². The first-order chi connectivity index (χ1) is 7.58. The zero-order valence-electron chi connectivity index (χ0n) is 8.64. The van der Waals surface area contributed by atoms with Gasteiger partial charge in [0.2, 0.25) is 9.84 Å². The lowest BCUT2D eigenvalue weighted by atomic mass is 10.1. The largest absolute Gasteiger partial charge is 0.497 e. The number of methoxy groups -OCH3 is 1. The number of rotatable bonds is 3. The maximum Gasteiger partial charge on any atom is 0.200 e. The van der Waals surface area contributed by atoms with Crippen LogP contribution >= 0.6 is 0 Å². The van der Waals surface area contributed by atoms with Crippen molar-refractivity contribution in [3.8, 4) is 5.75 Å². The molecule has 1 heterocycles. The van der Waals surface area contributed by atoms with Crippen LogP contribution < -0.4 is 10.6 Å². The molecule has 0 aromatic heterocycles. The van der Waals surface area contributed by atoms with E-state index in [9.17, 15) is 8.42 Å². The van der Waals surface area contributed by atoms with Crippen molar-refractivity contribution in [3.63, 3.8) is 0 Å². The Labute approximate surface area is 93.3 Å². The predicted octanol–water partition coefficient (Wildman–Crippen LogP) is 0.714. The molecule has 0 amide bonds. The van der Waals surface area contributed by atoms with Crippen molar-refractivity contribution in [1.29, 1.82) is 0 Å². The fraction of sp³-hybridized carbons (Fsp3) is 0.200. The second kappa shape index (κ2) is 3.89. The van der Waals surface area contributed by atoms with Gasteiger partial charge in [-0.05, 0) is 29.3 Å². The maximum atomic E-state index is 11.8. The highest BCUT2D eigenvalue weighted by Gasteiger charge is 2.27. The van der Waals surface area contributed by atoms with E-state index in [-0.39, 0.29) is 11.5 Å². The smallest absolute Gasteiger partial charge is 0.200 e. The number of nitrogens with two attached hydrogens (primary N) is 1. The second-order valence-electron chi connectivity index (χ2n) is 3.36. The lowest BCUT2D eigenvalue weighted by molar-refractivity contribution is 0.173. The molecule has 0 aliphatic carbocycles. The van der Waals surface area contributed by atoms with Gasteiger partial charge in [-0.1, -0.05) is 0 Å². The quantitative estimate of drug-likeness (QED) is 0.788. The van der Waals surface area contributed by atoms with Gasteiger partial charge in [-0.25, -0.2) is 14.3 Å². The van der Waals surface area contributed by atoms with E-state index in [1.54, 1.807) is 12.1 Å². The lowest BCUT2D eigenvalue weighted by Crippen LogP contribution is -2.02. The zero-order valence-corrected chi connectivity index (χ0v) is 9.45. The first-order valence-corrected chi connectivity index (χ1v) is 6.09. The summed E-state index contributed by atoms with van der Waals surface area (Å²) < 4.78 is 28.5. The molecule has 1 aromatic rings. The number of benzene rings is 1. The number of hydrogen-bond acceptors (Lipinski definition) is 5. The van der Waals surface area contributed by atoms with E-state index >= 15 is 0 Å². The van der Waals surface area contributed by atoms with Crippen LogP contribution in [0.25, 0.3) is 5.57 Å². The van der Waals surface area contributed by atoms with Gasteiger partial charge < -0.3 is 4.74 Å². The number of hydrogen-bond donors (Lipinski definition) is 1. The highest BCUT2D eigenvalue weighted by molar-refractivity contribution is 7.95. The van der Waals surface area contributed by atoms with Gasteiger partial charge in [0.25, 0.3) is 0 Å². The molecule has 0 saturated carbocycles. The maximum absolute atomic E-state index is 11.8. The molecule has 5 nitrogen and oxygen atoms in total. The molecule has 2 rings (SSSR count). The minimum Gasteiger partial charge on any atom is -0.497 e. The van der Waals surface area contributed by atoms with Gasteiger partial charge in [-0.15, -0.1) is 0 Å². The Kier molecular flexibility index (Phi) is 2.71. The SMILES string of the molecule is COc1ccc2c(c1)S(=O)(=O)C=C2CON. The summed E-state index contributed by atoms with van der Waals surface area (Å²) in [6.07, 6.45) is 0. The molecule has 0 bridgehead atoms. The van der Waals surface area contributed by atoms with E-state index in [1.807, 2.05) is 0 Å². The fourth-order valence-electron chi connectivity index (χ4n) is 1.65. The van der Waals surface area contributed by atoms with Crippen LogP contribution in [0, 0.1) is 0 Å². The standard InChI is InChI=1S/C10H11NO4S/c1-14-8-2-3-9-7(5-15-11)6-16(12,13)10(9)4-8/h2-4,6H,5,11H2,1H3. The van der Waals surface area contributed by atoms with Gasteiger partial charge in [0.1, 0.15) is 5.75 Å². The van der Waals surface area contributed by atoms with Crippen molar-refractivity contribution in [2.75, 3.05) is 13.7 Å². The summed E-state index contributed by atoms with van der Waals surface area (Å²) in [4.78, 5) is 4.70. The van der Waals surface area contributed by atoms with Gasteiger partial charge >= 0.3 is 0 Å². The third kappa shape index (κ3) is 1.71. The van der Waals surface area contributed by atoms with Crippen molar-refractivity contribution in [2.24, 2.45) is 5.90 Å². The van der Waals surface area contributed by atoms with Crippen molar-refractivity contribution >= 4 is 15.4 Å². The Morgan fingerprint density at radius 1 is 1.38 bits per heavy atom. The van der Waals surface area contributed by atoms with E-state index in [0.29, 0.717) is 16.9 Å². The average Bonchev–Trinajstić information content (AvgIpc) is 2.51. The molecule has 16 heavy (non-hydrogen) atoms. The molecule has 86 valence electrons. The Morgan fingerprint density at radius 3 is 2.75 bits per heavy atom. The van der Waals surface area contributed by atoms with Crippen LogP contribution in [0.4, 0.5) is 0 Å². The van der Waals surface area contributed by atoms with Crippen molar-refractivity contribution in [2.45, 2.75) is 4.90 Å². The van der Waals surface area contributed by atoms with Crippen molar-refractivity contribution in [3.05, 3.63) is 29.2 Å². The van der Waals surface area contributed by atoms with Crippen molar-refractivity contribution < 1.29 is 18.0 Å². The lowest BCUT2D eigenvalue weighted by Gasteiger charge is -2.05. The Bertz CT molecular complexity index is 548. The molecular formula is C10H11NO4S. The third-order valence-electron chi connectivity index (χ3n) is 2.38. The summed E-state index contributed by atoms with van der Waals surface area (Å²) in [5.41, 5.74) is 1.17. The molecule has 0 spiro atoms. The van der Waals surface area contributed by atoms with Crippen LogP contribution in [0.15, 0.2) is 28.5 Å². The molecule has 0 fully saturated rings. The summed E-state index contributed by atoms with van der Waals surface area (Å²) in [5, 5.41) is 1.17. The zero-order chi connectivity index (χ0) is 11.8. The van der Waals surface area contributed by atoms with E-state index < -0.39 is 9.84 Å². The van der Waals surface area contributed by atoms with Crippen LogP contribution in [0.5, 0.6) is 5.75 Å². The van der Waals surface area contributed by atoms with E-state index in [2.05, 4.69) is 4.84 Å². The van der Waals surface area contributed by atoms with Gasteiger partial charge in [0.15, 0.2) is 0 Å². The first-order valence-electron chi connectivity index (χ1n) is 4.54. The summed E-state index contributed by atoms with van der Waals surface area (Å²) in [7, 11) is -1.90. The molecular weight excluding hydrogens is 230 g/mol. The van der Waals surface area contributed by atoms with Gasteiger partial charge in [0.05, 0.1) is 18.6 Å². The Morgan fingerprint density at radius 2 is 2.12 bits per heavy atom. The number of sulfone groups is 1. The van der Waals surface area contributed by atoms with E-state index in [0.717, 1.165) is 0 Å². The number of fused-ring (bicyclic) bond motifs is 1. The topological polar surface area (TPSA) is 78.6 Å². The van der Waals surface area contributed by atoms with Gasteiger partial charge in [-0.3, -0.25) is 4.84 Å². The molecule has 0 radical (unpaired) electrons. The van der Waals surface area contributed by atoms with Crippen LogP contribution in [0.3, 0.4) is 0 Å². The molecule has 2 N–H and O–H groups in total. The molecule has 1 aliphatic rings. The highest BCUT2D eigenvalue weighted by Crippen LogP contribution is 2.35. The summed E-state index contributed by atoms with van der Waals surface area (Å²) in [5.74, 6) is 5.46. The normalized spacial score (nSPS) is 16.8. The summed E-state index contributed by atoms with van der Waals surface area (Å²) in [6, 6.07) is 4.87. The Hall–Kier alpha value is -1.37. The molecule has 0 atom stereocenters. The summed E-state index contributed by atoms with van der Waals surface area (Å²) >= 11 is 0. The van der Waals surface area contributed by atoms with E-state index in [1.165, 1.54) is 18.6 Å². The average molecular weight is 241 g/mol. The third-order valence-corrected chi connectivity index (χ3v) is 3.92. The Balaban J connectivity index is 2.57. The number of ether oxygens (including phenoxy) is 1. The molecule has 1 aliphatic heterocycles. The van der Waals surface area contributed by atoms with Crippen molar-refractivity contribution in [1.82, 2.24) is 0 Å². The molecule has 0 unspecified atom stereocenters. The fourth-order valence-corrected chi connectivity index (χ4v) is 3.13. The predicted molar refractivity (Wildman–Crippen MR) is 58.3 cm³/mol. The minimum atomic E-state index is -3.39. The van der Waals surface area contributed by atoms with Crippen LogP contribution in [0.1, 0.15) is 5.56 Å². The van der Waals surface area contributed by atoms with Crippen LogP contribution in [0.2, 0.25) is 0 Å². The molecule has 0 saturated heterocycles. The molecule has 6 heteroatoms. The van der Waals surface area contributed by atoms with Gasteiger partial charge in [-0.2, -0.15) is 0 Å². The van der Waals surface area contributed by atoms with Crippen LogP contribution in [-0.2, 0) is 14.7 Å². The second-order valence-corrected chi connectivity index (χ2v) is 5.13. The summed E-state index contributed by atoms with van der Waals surface area (Å²) in [6.45, 7) is 0.0680. The van der Waals surface area contributed by atoms with Crippen LogP contribution in [-0.4, -0.2) is 22.1 Å². The first kappa shape index (κ1) is 11.1. The minimum absolute atomic E-state index is 0.0680. The monoisotopic (exact) mass is 241 g/mol. The molecule has 1 aromatic carbocycles. The highest BCUT2D eigenvalue weighted by atomic mass is 32.2.